The zero-order chi connectivity index (χ0) is 25.7. The minimum absolute atomic E-state index is 0.0488. The van der Waals surface area contributed by atoms with Gasteiger partial charge in [0.05, 0.1) is 18.0 Å². The lowest BCUT2D eigenvalue weighted by Gasteiger charge is -2.40. The summed E-state index contributed by atoms with van der Waals surface area (Å²) in [5.41, 5.74) is 7.97. The number of hydrogen-bond donors (Lipinski definition) is 1. The quantitative estimate of drug-likeness (QED) is 0.531. The predicted octanol–water partition coefficient (Wildman–Crippen LogP) is 6.47. The lowest BCUT2D eigenvalue weighted by atomic mass is 9.84. The number of Topliss-reactive ketones (excluding diaryl/α,β-unsaturated/α-hetero) is 1. The van der Waals surface area contributed by atoms with Crippen LogP contribution in [0.5, 0.6) is 0 Å². The van der Waals surface area contributed by atoms with E-state index in [1.54, 1.807) is 11.8 Å². The van der Waals surface area contributed by atoms with Gasteiger partial charge in [0.25, 0.3) is 0 Å². The fraction of sp³-hybridized carbons (Fsp3) is 0.483. The van der Waals surface area contributed by atoms with Crippen LogP contribution in [-0.2, 0) is 9.59 Å². The third kappa shape index (κ3) is 9.50. The third-order valence-electron chi connectivity index (χ3n) is 6.10. The smallest absolute Gasteiger partial charge is 0.232 e. The molecule has 3 rings (SSSR count). The molecule has 186 valence electrons. The van der Waals surface area contributed by atoms with Crippen molar-refractivity contribution < 1.29 is 9.59 Å². The molecular formula is C29H43N3O2. The Kier molecular flexibility index (Phi) is 12.3. The van der Waals surface area contributed by atoms with Crippen molar-refractivity contribution in [1.82, 2.24) is 4.90 Å². The van der Waals surface area contributed by atoms with E-state index in [9.17, 15) is 9.59 Å². The van der Waals surface area contributed by atoms with Crippen LogP contribution in [0.4, 0.5) is 0 Å². The first kappa shape index (κ1) is 29.1. The highest BCUT2D eigenvalue weighted by Gasteiger charge is 2.40. The Morgan fingerprint density at radius 3 is 2.03 bits per heavy atom. The fourth-order valence-corrected chi connectivity index (χ4v) is 3.51. The van der Waals surface area contributed by atoms with Crippen molar-refractivity contribution in [3.8, 4) is 0 Å². The lowest BCUT2D eigenvalue weighted by Crippen LogP contribution is -2.52. The second-order valence-electron chi connectivity index (χ2n) is 9.47. The number of carbonyl (C=O) groups excluding carboxylic acids is 2. The van der Waals surface area contributed by atoms with Gasteiger partial charge < -0.3 is 10.5 Å². The van der Waals surface area contributed by atoms with E-state index in [0.717, 1.165) is 24.8 Å². The molecule has 2 atom stereocenters. The maximum atomic E-state index is 12.6. The van der Waals surface area contributed by atoms with Gasteiger partial charge in [-0.2, -0.15) is 0 Å². The normalized spacial score (nSPS) is 18.2. The molecule has 1 aliphatic heterocycles. The SMILES string of the molecule is CCCCC(C)=O.Cc1cccc([C@@H](C)N2C(=O)C[C@@](C)(C(C)C)N=C2N)c1.c1ccccc1. The molecule has 5 nitrogen and oxygen atoms in total. The molecule has 1 amide bonds. The Balaban J connectivity index is 0.000000362. The molecule has 0 aliphatic carbocycles. The van der Waals surface area contributed by atoms with Crippen molar-refractivity contribution in [1.29, 1.82) is 0 Å². The molecule has 5 heteroatoms. The van der Waals surface area contributed by atoms with Gasteiger partial charge in [-0.25, -0.2) is 4.99 Å². The maximum absolute atomic E-state index is 12.6. The van der Waals surface area contributed by atoms with Gasteiger partial charge in [-0.05, 0) is 45.6 Å². The number of benzene rings is 2. The minimum Gasteiger partial charge on any atom is -0.369 e. The monoisotopic (exact) mass is 465 g/mol. The summed E-state index contributed by atoms with van der Waals surface area (Å²) in [6.45, 7) is 13.9. The first-order chi connectivity index (χ1) is 16.0. The summed E-state index contributed by atoms with van der Waals surface area (Å²) < 4.78 is 0. The van der Waals surface area contributed by atoms with E-state index in [1.807, 2.05) is 75.4 Å². The van der Waals surface area contributed by atoms with Crippen LogP contribution in [0.1, 0.15) is 84.4 Å². The number of rotatable bonds is 6. The van der Waals surface area contributed by atoms with Crippen molar-refractivity contribution in [2.75, 3.05) is 0 Å². The maximum Gasteiger partial charge on any atom is 0.232 e. The molecule has 0 bridgehead atoms. The molecule has 0 fully saturated rings. The molecule has 0 aromatic heterocycles. The number of unbranched alkanes of at least 4 members (excludes halogenated alkanes) is 1. The molecule has 1 heterocycles. The van der Waals surface area contributed by atoms with Crippen LogP contribution in [0.2, 0.25) is 0 Å². The molecule has 0 spiro atoms. The third-order valence-corrected chi connectivity index (χ3v) is 6.10. The first-order valence-corrected chi connectivity index (χ1v) is 12.2. The second-order valence-corrected chi connectivity index (χ2v) is 9.47. The number of amides is 1. The highest BCUT2D eigenvalue weighted by atomic mass is 16.2. The van der Waals surface area contributed by atoms with Crippen LogP contribution in [0.3, 0.4) is 0 Å². The Bertz CT molecular complexity index is 897. The van der Waals surface area contributed by atoms with E-state index in [1.165, 1.54) is 5.56 Å². The Morgan fingerprint density at radius 2 is 1.65 bits per heavy atom. The average molecular weight is 466 g/mol. The van der Waals surface area contributed by atoms with Crippen LogP contribution in [0.25, 0.3) is 0 Å². The average Bonchev–Trinajstić information content (AvgIpc) is 2.79. The summed E-state index contributed by atoms with van der Waals surface area (Å²) in [4.78, 5) is 29.0. The van der Waals surface area contributed by atoms with Crippen LogP contribution >= 0.6 is 0 Å². The standard InChI is InChI=1S/C17H25N3O.C6H12O.C6H6/c1-11(2)17(5)10-15(21)20(16(18)19-17)13(4)14-8-6-7-12(3)9-14;1-3-4-5-6(2)7;1-2-4-6-5-3-1/h6-9,11,13H,10H2,1-5H3,(H2,18,19);3-5H2,1-2H3;1-6H/t13-,17+;;/m1../s1. The summed E-state index contributed by atoms with van der Waals surface area (Å²) >= 11 is 0. The number of nitrogens with zero attached hydrogens (tertiary/aromatic N) is 2. The zero-order valence-corrected chi connectivity index (χ0v) is 22.0. The minimum atomic E-state index is -0.399. The molecule has 2 aromatic carbocycles. The van der Waals surface area contributed by atoms with E-state index in [0.29, 0.717) is 18.2 Å². The number of hydrogen-bond acceptors (Lipinski definition) is 4. The van der Waals surface area contributed by atoms with Crippen LogP contribution in [-0.4, -0.2) is 28.1 Å². The van der Waals surface area contributed by atoms with Crippen LogP contribution in [0.15, 0.2) is 65.7 Å². The molecule has 2 aromatic rings. The number of carbonyl (C=O) groups is 2. The van der Waals surface area contributed by atoms with E-state index in [2.05, 4.69) is 31.8 Å². The molecular weight excluding hydrogens is 422 g/mol. The number of guanidine groups is 1. The van der Waals surface area contributed by atoms with E-state index in [4.69, 9.17) is 5.73 Å². The Morgan fingerprint density at radius 1 is 1.09 bits per heavy atom. The molecule has 0 unspecified atom stereocenters. The van der Waals surface area contributed by atoms with Crippen molar-refractivity contribution >= 4 is 17.6 Å². The Labute approximate surface area is 206 Å². The predicted molar refractivity (Wildman–Crippen MR) is 143 cm³/mol. The van der Waals surface area contributed by atoms with Gasteiger partial charge in [-0.3, -0.25) is 9.69 Å². The second kappa shape index (κ2) is 14.3. The fourth-order valence-electron chi connectivity index (χ4n) is 3.51. The van der Waals surface area contributed by atoms with E-state index < -0.39 is 5.54 Å². The number of ketones is 1. The summed E-state index contributed by atoms with van der Waals surface area (Å²) in [6.07, 6.45) is 3.34. The molecule has 2 N–H and O–H groups in total. The van der Waals surface area contributed by atoms with Crippen LogP contribution < -0.4 is 5.73 Å². The number of nitrogens with two attached hydrogens (primary N) is 1. The van der Waals surface area contributed by atoms with Gasteiger partial charge >= 0.3 is 0 Å². The van der Waals surface area contributed by atoms with Crippen molar-refractivity contribution in [2.24, 2.45) is 16.6 Å². The summed E-state index contributed by atoms with van der Waals surface area (Å²) in [5, 5.41) is 0. The van der Waals surface area contributed by atoms with Gasteiger partial charge in [0.15, 0.2) is 5.96 Å². The first-order valence-electron chi connectivity index (χ1n) is 12.2. The summed E-state index contributed by atoms with van der Waals surface area (Å²) in [6, 6.07) is 20.1. The number of aryl methyl sites for hydroxylation is 1. The van der Waals surface area contributed by atoms with E-state index in [-0.39, 0.29) is 17.9 Å². The highest BCUT2D eigenvalue weighted by Crippen LogP contribution is 2.33. The van der Waals surface area contributed by atoms with Gasteiger partial charge in [-0.1, -0.05) is 93.4 Å². The number of aliphatic imine (C=N–C) groups is 1. The molecule has 0 saturated carbocycles. The van der Waals surface area contributed by atoms with Crippen LogP contribution in [0, 0.1) is 12.8 Å². The Hall–Kier alpha value is -2.95. The summed E-state index contributed by atoms with van der Waals surface area (Å²) in [5.74, 6) is 0.961. The van der Waals surface area contributed by atoms with Crippen molar-refractivity contribution in [3.63, 3.8) is 0 Å². The molecule has 0 radical (unpaired) electrons. The van der Waals surface area contributed by atoms with Crippen molar-refractivity contribution in [3.05, 3.63) is 71.8 Å². The highest BCUT2D eigenvalue weighted by molar-refractivity contribution is 5.99. The lowest BCUT2D eigenvalue weighted by molar-refractivity contribution is -0.131. The molecule has 34 heavy (non-hydrogen) atoms. The topological polar surface area (TPSA) is 75.8 Å². The van der Waals surface area contributed by atoms with Crippen molar-refractivity contribution in [2.45, 2.75) is 85.7 Å². The van der Waals surface area contributed by atoms with Gasteiger partial charge in [0.1, 0.15) is 5.78 Å². The largest absolute Gasteiger partial charge is 0.369 e. The van der Waals surface area contributed by atoms with Gasteiger partial charge in [0.2, 0.25) is 5.91 Å². The van der Waals surface area contributed by atoms with E-state index >= 15 is 0 Å². The molecule has 0 saturated heterocycles. The van der Waals surface area contributed by atoms with Gasteiger partial charge in [0, 0.05) is 6.42 Å². The molecule has 1 aliphatic rings. The zero-order valence-electron chi connectivity index (χ0n) is 22.0. The van der Waals surface area contributed by atoms with Gasteiger partial charge in [-0.15, -0.1) is 0 Å². The summed E-state index contributed by atoms with van der Waals surface area (Å²) in [7, 11) is 0.